The van der Waals surface area contributed by atoms with Crippen LogP contribution in [0.1, 0.15) is 12.8 Å². The summed E-state index contributed by atoms with van der Waals surface area (Å²) < 4.78 is 11.1. The van der Waals surface area contributed by atoms with E-state index in [2.05, 4.69) is 19.8 Å². The predicted molar refractivity (Wildman–Crippen MR) is 81.7 cm³/mol. The van der Waals surface area contributed by atoms with Crippen molar-refractivity contribution in [3.05, 3.63) is 6.07 Å². The van der Waals surface area contributed by atoms with E-state index in [1.54, 1.807) is 0 Å². The van der Waals surface area contributed by atoms with E-state index in [1.807, 2.05) is 13.1 Å². The number of anilines is 3. The standard InChI is InChI=1S/C14H23N5O2/c1-18(9-11-10-20-6-7-21-11)12-8-13(17-14(15)16-12)19-4-2-3-5-19/h8,11H,2-7,9-10H2,1H3,(H2,15,16,17). The molecule has 1 aromatic rings. The van der Waals surface area contributed by atoms with E-state index in [0.717, 1.165) is 31.3 Å². The van der Waals surface area contributed by atoms with Crippen LogP contribution in [0.3, 0.4) is 0 Å². The third-order valence-corrected chi connectivity index (χ3v) is 3.90. The van der Waals surface area contributed by atoms with E-state index in [9.17, 15) is 0 Å². The minimum Gasteiger partial charge on any atom is -0.376 e. The van der Waals surface area contributed by atoms with E-state index in [1.165, 1.54) is 12.8 Å². The fourth-order valence-corrected chi connectivity index (χ4v) is 2.78. The van der Waals surface area contributed by atoms with Gasteiger partial charge in [-0.15, -0.1) is 0 Å². The highest BCUT2D eigenvalue weighted by Gasteiger charge is 2.20. The Morgan fingerprint density at radius 1 is 1.33 bits per heavy atom. The molecule has 7 nitrogen and oxygen atoms in total. The van der Waals surface area contributed by atoms with E-state index >= 15 is 0 Å². The molecule has 21 heavy (non-hydrogen) atoms. The van der Waals surface area contributed by atoms with Crippen molar-refractivity contribution >= 4 is 17.6 Å². The van der Waals surface area contributed by atoms with Gasteiger partial charge in [0, 0.05) is 32.7 Å². The van der Waals surface area contributed by atoms with Crippen LogP contribution in [-0.2, 0) is 9.47 Å². The normalized spacial score (nSPS) is 22.5. The van der Waals surface area contributed by atoms with Crippen LogP contribution in [0.25, 0.3) is 0 Å². The molecule has 116 valence electrons. The van der Waals surface area contributed by atoms with Gasteiger partial charge in [0.15, 0.2) is 0 Å². The Hall–Kier alpha value is -1.60. The van der Waals surface area contributed by atoms with Crippen LogP contribution in [0.15, 0.2) is 6.07 Å². The van der Waals surface area contributed by atoms with Crippen LogP contribution < -0.4 is 15.5 Å². The molecule has 0 spiro atoms. The zero-order valence-corrected chi connectivity index (χ0v) is 12.5. The molecule has 0 radical (unpaired) electrons. The highest BCUT2D eigenvalue weighted by molar-refractivity contribution is 5.54. The lowest BCUT2D eigenvalue weighted by Crippen LogP contribution is -2.38. The van der Waals surface area contributed by atoms with Gasteiger partial charge < -0.3 is 25.0 Å². The van der Waals surface area contributed by atoms with E-state index in [0.29, 0.717) is 25.8 Å². The van der Waals surface area contributed by atoms with Gasteiger partial charge in [0.1, 0.15) is 11.6 Å². The number of nitrogen functional groups attached to an aromatic ring is 1. The summed E-state index contributed by atoms with van der Waals surface area (Å²) in [6, 6.07) is 2.01. The van der Waals surface area contributed by atoms with Gasteiger partial charge in [-0.1, -0.05) is 0 Å². The van der Waals surface area contributed by atoms with Crippen LogP contribution in [-0.4, -0.2) is 62.6 Å². The van der Waals surface area contributed by atoms with Crippen LogP contribution in [0, 0.1) is 0 Å². The molecule has 0 amide bonds. The maximum atomic E-state index is 5.87. The Morgan fingerprint density at radius 3 is 2.86 bits per heavy atom. The smallest absolute Gasteiger partial charge is 0.223 e. The van der Waals surface area contributed by atoms with Gasteiger partial charge in [-0.05, 0) is 12.8 Å². The molecule has 1 aromatic heterocycles. The zero-order chi connectivity index (χ0) is 14.7. The average molecular weight is 293 g/mol. The van der Waals surface area contributed by atoms with Crippen LogP contribution in [0.5, 0.6) is 0 Å². The largest absolute Gasteiger partial charge is 0.376 e. The third kappa shape index (κ3) is 3.54. The quantitative estimate of drug-likeness (QED) is 0.866. The Balaban J connectivity index is 1.70. The molecular weight excluding hydrogens is 270 g/mol. The van der Waals surface area contributed by atoms with Crippen molar-refractivity contribution < 1.29 is 9.47 Å². The first-order valence-corrected chi connectivity index (χ1v) is 7.52. The summed E-state index contributed by atoms with van der Waals surface area (Å²) >= 11 is 0. The number of nitrogens with zero attached hydrogens (tertiary/aromatic N) is 4. The van der Waals surface area contributed by atoms with Crippen molar-refractivity contribution in [2.75, 3.05) is 62.0 Å². The van der Waals surface area contributed by atoms with Gasteiger partial charge >= 0.3 is 0 Å². The predicted octanol–water partition coefficient (Wildman–Crippen LogP) is 0.511. The summed E-state index contributed by atoms with van der Waals surface area (Å²) in [5.74, 6) is 2.07. The second-order valence-electron chi connectivity index (χ2n) is 5.58. The molecule has 3 heterocycles. The minimum absolute atomic E-state index is 0.0789. The summed E-state index contributed by atoms with van der Waals surface area (Å²) in [6.45, 7) is 4.78. The maximum absolute atomic E-state index is 5.87. The summed E-state index contributed by atoms with van der Waals surface area (Å²) in [7, 11) is 1.99. The Morgan fingerprint density at radius 2 is 2.14 bits per heavy atom. The minimum atomic E-state index is 0.0789. The van der Waals surface area contributed by atoms with Crippen LogP contribution >= 0.6 is 0 Å². The average Bonchev–Trinajstić information content (AvgIpc) is 3.02. The fourth-order valence-electron chi connectivity index (χ4n) is 2.78. The fraction of sp³-hybridized carbons (Fsp3) is 0.714. The highest BCUT2D eigenvalue weighted by atomic mass is 16.6. The van der Waals surface area contributed by atoms with E-state index in [4.69, 9.17) is 15.2 Å². The number of likely N-dealkylation sites (N-methyl/N-ethyl adjacent to an activating group) is 1. The molecule has 0 aromatic carbocycles. The van der Waals surface area contributed by atoms with Crippen LogP contribution in [0.2, 0.25) is 0 Å². The molecular formula is C14H23N5O2. The number of aromatic nitrogens is 2. The van der Waals surface area contributed by atoms with E-state index < -0.39 is 0 Å². The lowest BCUT2D eigenvalue weighted by molar-refractivity contribution is -0.0837. The SMILES string of the molecule is CN(CC1COCCO1)c1cc(N2CCCC2)nc(N)n1. The zero-order valence-electron chi connectivity index (χ0n) is 12.5. The first-order valence-electron chi connectivity index (χ1n) is 7.52. The molecule has 2 N–H and O–H groups in total. The maximum Gasteiger partial charge on any atom is 0.223 e. The number of nitrogens with two attached hydrogens (primary N) is 1. The van der Waals surface area contributed by atoms with Gasteiger partial charge in [0.2, 0.25) is 5.95 Å². The molecule has 0 saturated carbocycles. The van der Waals surface area contributed by atoms with Gasteiger partial charge in [-0.2, -0.15) is 9.97 Å². The molecule has 0 bridgehead atoms. The molecule has 7 heteroatoms. The van der Waals surface area contributed by atoms with Crippen molar-refractivity contribution in [3.8, 4) is 0 Å². The van der Waals surface area contributed by atoms with Gasteiger partial charge in [0.05, 0.1) is 25.9 Å². The van der Waals surface area contributed by atoms with E-state index in [-0.39, 0.29) is 6.10 Å². The third-order valence-electron chi connectivity index (χ3n) is 3.90. The van der Waals surface area contributed by atoms with Gasteiger partial charge in [-0.25, -0.2) is 0 Å². The first-order chi connectivity index (χ1) is 10.2. The van der Waals surface area contributed by atoms with Gasteiger partial charge in [-0.3, -0.25) is 0 Å². The molecule has 3 rings (SSSR count). The van der Waals surface area contributed by atoms with Crippen molar-refractivity contribution in [2.24, 2.45) is 0 Å². The molecule has 2 aliphatic heterocycles. The summed E-state index contributed by atoms with van der Waals surface area (Å²) in [5.41, 5.74) is 5.87. The monoisotopic (exact) mass is 293 g/mol. The Bertz CT molecular complexity index is 472. The van der Waals surface area contributed by atoms with Crippen LogP contribution in [0.4, 0.5) is 17.6 Å². The lowest BCUT2D eigenvalue weighted by Gasteiger charge is -2.28. The molecule has 2 fully saturated rings. The number of ether oxygens (including phenoxy) is 2. The number of rotatable bonds is 4. The highest BCUT2D eigenvalue weighted by Crippen LogP contribution is 2.23. The lowest BCUT2D eigenvalue weighted by atomic mass is 10.3. The topological polar surface area (TPSA) is 76.7 Å². The summed E-state index contributed by atoms with van der Waals surface area (Å²) in [6.07, 6.45) is 2.50. The number of hydrogen-bond donors (Lipinski definition) is 1. The van der Waals surface area contributed by atoms with Crippen molar-refractivity contribution in [1.29, 1.82) is 0 Å². The Labute approximate surface area is 125 Å². The second-order valence-corrected chi connectivity index (χ2v) is 5.58. The molecule has 0 aliphatic carbocycles. The molecule has 2 saturated heterocycles. The molecule has 2 aliphatic rings. The Kier molecular flexibility index (Phi) is 4.40. The molecule has 1 atom stereocenters. The molecule has 1 unspecified atom stereocenters. The summed E-state index contributed by atoms with van der Waals surface area (Å²) in [4.78, 5) is 13.0. The number of hydrogen-bond acceptors (Lipinski definition) is 7. The van der Waals surface area contributed by atoms with Crippen molar-refractivity contribution in [3.63, 3.8) is 0 Å². The van der Waals surface area contributed by atoms with Crippen molar-refractivity contribution in [2.45, 2.75) is 18.9 Å². The van der Waals surface area contributed by atoms with Crippen molar-refractivity contribution in [1.82, 2.24) is 9.97 Å². The summed E-state index contributed by atoms with van der Waals surface area (Å²) in [5, 5.41) is 0. The first kappa shape index (κ1) is 14.3. The van der Waals surface area contributed by atoms with Gasteiger partial charge in [0.25, 0.3) is 0 Å². The second kappa shape index (κ2) is 6.44.